The molecule has 0 bridgehead atoms. The average molecular weight is 305 g/mol. The van der Waals surface area contributed by atoms with Crippen LogP contribution in [-0.4, -0.2) is 24.0 Å². The Balaban J connectivity index is 0.000001000. The summed E-state index contributed by atoms with van der Waals surface area (Å²) in [6.07, 6.45) is 4.16. The summed E-state index contributed by atoms with van der Waals surface area (Å²) in [6, 6.07) is 7.09. The normalized spacial score (nSPS) is 34.0. The highest BCUT2D eigenvalue weighted by molar-refractivity contribution is 6.42. The van der Waals surface area contributed by atoms with Crippen molar-refractivity contribution in [3.8, 4) is 0 Å². The Bertz CT molecular complexity index is 486. The van der Waals surface area contributed by atoms with E-state index < -0.39 is 0 Å². The van der Waals surface area contributed by atoms with E-state index in [2.05, 4.69) is 17.0 Å². The van der Waals surface area contributed by atoms with Crippen molar-refractivity contribution >= 4 is 35.6 Å². The molecule has 1 aliphatic heterocycles. The van der Waals surface area contributed by atoms with E-state index in [1.54, 1.807) is 0 Å². The molecule has 1 aromatic rings. The van der Waals surface area contributed by atoms with Crippen molar-refractivity contribution in [2.45, 2.75) is 30.7 Å². The van der Waals surface area contributed by atoms with Crippen LogP contribution in [0.4, 0.5) is 0 Å². The Kier molecular flexibility index (Phi) is 3.10. The molecule has 4 heteroatoms. The molecule has 18 heavy (non-hydrogen) atoms. The van der Waals surface area contributed by atoms with Crippen molar-refractivity contribution in [3.05, 3.63) is 33.8 Å². The molecule has 2 atom stereocenters. The Morgan fingerprint density at radius 2 is 1.94 bits per heavy atom. The fourth-order valence-electron chi connectivity index (χ4n) is 3.49. The molecular weight excluding hydrogens is 289 g/mol. The van der Waals surface area contributed by atoms with E-state index in [9.17, 15) is 0 Å². The monoisotopic (exact) mass is 303 g/mol. The van der Waals surface area contributed by atoms with Gasteiger partial charge in [0.2, 0.25) is 0 Å². The minimum atomic E-state index is 0. The standard InChI is InChI=1S/C14H15Cl2N.ClH/c15-12-4-1-9(5-13(12)16)14-6-10(14)7-17(8-14)11-2-3-11;/h1,4-5,10-11H,2-3,6-8H2;1H. The second kappa shape index (κ2) is 4.28. The lowest BCUT2D eigenvalue weighted by molar-refractivity contribution is 0.288. The van der Waals surface area contributed by atoms with Crippen LogP contribution in [-0.2, 0) is 5.41 Å². The van der Waals surface area contributed by atoms with Gasteiger partial charge in [-0.05, 0) is 42.9 Å². The van der Waals surface area contributed by atoms with Crippen molar-refractivity contribution in [3.63, 3.8) is 0 Å². The van der Waals surface area contributed by atoms with Crippen molar-refractivity contribution < 1.29 is 0 Å². The first-order valence-electron chi connectivity index (χ1n) is 6.39. The zero-order valence-corrected chi connectivity index (χ0v) is 12.4. The van der Waals surface area contributed by atoms with Crippen molar-refractivity contribution in [1.29, 1.82) is 0 Å². The zero-order chi connectivity index (χ0) is 11.6. The second-order valence-corrected chi connectivity index (χ2v) is 6.66. The maximum absolute atomic E-state index is 6.14. The maximum Gasteiger partial charge on any atom is 0.0595 e. The van der Waals surface area contributed by atoms with Gasteiger partial charge in [-0.1, -0.05) is 29.3 Å². The summed E-state index contributed by atoms with van der Waals surface area (Å²) in [5, 5.41) is 1.37. The zero-order valence-electron chi connectivity index (χ0n) is 10.0. The van der Waals surface area contributed by atoms with Crippen LogP contribution in [0.3, 0.4) is 0 Å². The van der Waals surface area contributed by atoms with Gasteiger partial charge in [-0.3, -0.25) is 4.90 Å². The summed E-state index contributed by atoms with van der Waals surface area (Å²) in [5.41, 5.74) is 1.82. The molecule has 0 amide bonds. The summed E-state index contributed by atoms with van der Waals surface area (Å²) < 4.78 is 0. The van der Waals surface area contributed by atoms with Gasteiger partial charge in [0.1, 0.15) is 0 Å². The third-order valence-electron chi connectivity index (χ3n) is 4.73. The molecule has 2 aliphatic carbocycles. The molecule has 2 unspecified atom stereocenters. The molecule has 98 valence electrons. The summed E-state index contributed by atoms with van der Waals surface area (Å²) in [6.45, 7) is 2.53. The quantitative estimate of drug-likeness (QED) is 0.793. The molecule has 1 heterocycles. The molecule has 1 saturated heterocycles. The summed E-state index contributed by atoms with van der Waals surface area (Å²) in [5.74, 6) is 0.861. The molecule has 2 saturated carbocycles. The molecule has 0 radical (unpaired) electrons. The smallest absolute Gasteiger partial charge is 0.0595 e. The third-order valence-corrected chi connectivity index (χ3v) is 5.47. The molecular formula is C14H16Cl3N. The highest BCUT2D eigenvalue weighted by Gasteiger charge is 2.62. The molecule has 0 spiro atoms. The molecule has 0 N–H and O–H groups in total. The predicted molar refractivity (Wildman–Crippen MR) is 78.1 cm³/mol. The lowest BCUT2D eigenvalue weighted by Gasteiger charge is -2.20. The molecule has 1 nitrogen and oxygen atoms in total. The number of piperidine rings is 1. The van der Waals surface area contributed by atoms with Gasteiger partial charge >= 0.3 is 0 Å². The Labute approximate surface area is 124 Å². The molecule has 4 rings (SSSR count). The third kappa shape index (κ3) is 1.87. The minimum absolute atomic E-state index is 0. The number of nitrogens with zero attached hydrogens (tertiary/aromatic N) is 1. The van der Waals surface area contributed by atoms with Crippen LogP contribution in [0, 0.1) is 5.92 Å². The lowest BCUT2D eigenvalue weighted by atomic mass is 9.95. The summed E-state index contributed by atoms with van der Waals surface area (Å²) >= 11 is 12.1. The van der Waals surface area contributed by atoms with Gasteiger partial charge in [0, 0.05) is 24.5 Å². The van der Waals surface area contributed by atoms with Gasteiger partial charge < -0.3 is 0 Å². The van der Waals surface area contributed by atoms with Crippen LogP contribution < -0.4 is 0 Å². The molecule has 0 aromatic heterocycles. The van der Waals surface area contributed by atoms with Crippen LogP contribution >= 0.6 is 35.6 Å². The van der Waals surface area contributed by atoms with Crippen LogP contribution in [0.5, 0.6) is 0 Å². The highest BCUT2D eigenvalue weighted by Crippen LogP contribution is 2.60. The van der Waals surface area contributed by atoms with Gasteiger partial charge in [-0.25, -0.2) is 0 Å². The van der Waals surface area contributed by atoms with Crippen molar-refractivity contribution in [1.82, 2.24) is 4.90 Å². The Morgan fingerprint density at radius 3 is 2.61 bits per heavy atom. The average Bonchev–Trinajstić information content (AvgIpc) is 3.22. The number of hydrogen-bond donors (Lipinski definition) is 0. The van der Waals surface area contributed by atoms with E-state index in [4.69, 9.17) is 23.2 Å². The fourth-order valence-corrected chi connectivity index (χ4v) is 3.79. The van der Waals surface area contributed by atoms with E-state index in [-0.39, 0.29) is 12.4 Å². The fraction of sp³-hybridized carbons (Fsp3) is 0.571. The van der Waals surface area contributed by atoms with Gasteiger partial charge in [0.15, 0.2) is 0 Å². The number of fused-ring (bicyclic) bond motifs is 1. The van der Waals surface area contributed by atoms with E-state index >= 15 is 0 Å². The predicted octanol–water partition coefficient (Wildman–Crippen LogP) is 4.15. The van der Waals surface area contributed by atoms with Gasteiger partial charge in [-0.15, -0.1) is 12.4 Å². The Hall–Kier alpha value is 0.0500. The van der Waals surface area contributed by atoms with Crippen molar-refractivity contribution in [2.75, 3.05) is 13.1 Å². The minimum Gasteiger partial charge on any atom is -0.299 e. The van der Waals surface area contributed by atoms with E-state index in [0.717, 1.165) is 12.0 Å². The first-order chi connectivity index (χ1) is 8.19. The molecule has 1 aromatic carbocycles. The Morgan fingerprint density at radius 1 is 1.17 bits per heavy atom. The number of likely N-dealkylation sites (tertiary alicyclic amines) is 1. The summed E-state index contributed by atoms with van der Waals surface area (Å²) in [4.78, 5) is 2.68. The summed E-state index contributed by atoms with van der Waals surface area (Å²) in [7, 11) is 0. The van der Waals surface area contributed by atoms with Gasteiger partial charge in [0.05, 0.1) is 10.0 Å². The van der Waals surface area contributed by atoms with E-state index in [0.29, 0.717) is 15.5 Å². The molecule has 3 aliphatic rings. The lowest BCUT2D eigenvalue weighted by Crippen LogP contribution is -2.28. The number of benzene rings is 1. The van der Waals surface area contributed by atoms with Crippen LogP contribution in [0.1, 0.15) is 24.8 Å². The number of hydrogen-bond acceptors (Lipinski definition) is 1. The highest BCUT2D eigenvalue weighted by atomic mass is 35.5. The van der Waals surface area contributed by atoms with Gasteiger partial charge in [-0.2, -0.15) is 0 Å². The van der Waals surface area contributed by atoms with Crippen LogP contribution in [0.2, 0.25) is 10.0 Å². The SMILES string of the molecule is Cl.Clc1ccc(C23CC2CN(C2CC2)C3)cc1Cl. The van der Waals surface area contributed by atoms with Gasteiger partial charge in [0.25, 0.3) is 0 Å². The van der Waals surface area contributed by atoms with Crippen LogP contribution in [0.15, 0.2) is 18.2 Å². The molecule has 3 fully saturated rings. The second-order valence-electron chi connectivity index (χ2n) is 5.85. The number of halogens is 3. The van der Waals surface area contributed by atoms with E-state index in [1.807, 2.05) is 6.07 Å². The topological polar surface area (TPSA) is 3.24 Å². The largest absolute Gasteiger partial charge is 0.299 e. The van der Waals surface area contributed by atoms with E-state index in [1.165, 1.54) is 37.9 Å². The first kappa shape index (κ1) is 13.1. The maximum atomic E-state index is 6.14. The van der Waals surface area contributed by atoms with Crippen LogP contribution in [0.25, 0.3) is 0 Å². The van der Waals surface area contributed by atoms with Crippen molar-refractivity contribution in [2.24, 2.45) is 5.92 Å². The number of rotatable bonds is 2. The first-order valence-corrected chi connectivity index (χ1v) is 7.14.